The molecule has 3 aromatic carbocycles. The van der Waals surface area contributed by atoms with Gasteiger partial charge in [0.1, 0.15) is 0 Å². The van der Waals surface area contributed by atoms with Gasteiger partial charge in [-0.2, -0.15) is 0 Å². The fourth-order valence-electron chi connectivity index (χ4n) is 3.06. The lowest BCUT2D eigenvalue weighted by molar-refractivity contribution is 0.0950. The van der Waals surface area contributed by atoms with E-state index in [-0.39, 0.29) is 17.5 Å². The van der Waals surface area contributed by atoms with Gasteiger partial charge in [-0.05, 0) is 42.0 Å². The average molecular weight is 538 g/mol. The number of nitrogens with zero attached hydrogens (tertiary/aromatic N) is 3. The summed E-state index contributed by atoms with van der Waals surface area (Å²) in [5.41, 5.74) is 2.08. The monoisotopic (exact) mass is 536 g/mol. The van der Waals surface area contributed by atoms with Crippen LogP contribution in [0, 0.1) is 0 Å². The third-order valence-electron chi connectivity index (χ3n) is 4.64. The van der Waals surface area contributed by atoms with Crippen molar-refractivity contribution in [1.29, 1.82) is 0 Å². The summed E-state index contributed by atoms with van der Waals surface area (Å²) >= 11 is 26.3. The molecule has 10 heteroatoms. The van der Waals surface area contributed by atoms with Crippen molar-refractivity contribution in [3.8, 4) is 5.69 Å². The third kappa shape index (κ3) is 5.83. The van der Waals surface area contributed by atoms with E-state index in [1.807, 2.05) is 30.3 Å². The molecule has 5 nitrogen and oxygen atoms in total. The van der Waals surface area contributed by atoms with Crippen molar-refractivity contribution >= 4 is 64.1 Å². The summed E-state index contributed by atoms with van der Waals surface area (Å²) in [6.07, 6.45) is 0. The van der Waals surface area contributed by atoms with Gasteiger partial charge < -0.3 is 5.32 Å². The van der Waals surface area contributed by atoms with E-state index in [1.165, 1.54) is 17.8 Å². The molecule has 0 aliphatic rings. The summed E-state index contributed by atoms with van der Waals surface area (Å²) in [6, 6.07) is 19.9. The van der Waals surface area contributed by atoms with Crippen molar-refractivity contribution in [2.45, 2.75) is 17.5 Å². The van der Waals surface area contributed by atoms with Crippen LogP contribution in [-0.4, -0.2) is 20.7 Å². The summed E-state index contributed by atoms with van der Waals surface area (Å²) in [5.74, 6) is 0.819. The van der Waals surface area contributed by atoms with Crippen molar-refractivity contribution in [2.75, 3.05) is 0 Å². The number of hydrogen-bond acceptors (Lipinski definition) is 4. The van der Waals surface area contributed by atoms with Crippen molar-refractivity contribution in [2.24, 2.45) is 0 Å². The topological polar surface area (TPSA) is 59.8 Å². The maximum atomic E-state index is 12.7. The first kappa shape index (κ1) is 23.9. The number of nitrogens with one attached hydrogen (secondary N) is 1. The van der Waals surface area contributed by atoms with Gasteiger partial charge in [-0.15, -0.1) is 10.2 Å². The zero-order valence-electron chi connectivity index (χ0n) is 16.9. The smallest absolute Gasteiger partial charge is 0.253 e. The van der Waals surface area contributed by atoms with Gasteiger partial charge in [-0.1, -0.05) is 88.5 Å². The van der Waals surface area contributed by atoms with Gasteiger partial charge in [0.15, 0.2) is 11.0 Å². The van der Waals surface area contributed by atoms with Crippen molar-refractivity contribution in [3.63, 3.8) is 0 Å². The molecule has 0 unspecified atom stereocenters. The molecule has 0 fully saturated rings. The minimum atomic E-state index is -0.359. The first-order chi connectivity index (χ1) is 15.9. The Labute approximate surface area is 215 Å². The summed E-state index contributed by atoms with van der Waals surface area (Å²) in [7, 11) is 0. The molecule has 0 spiro atoms. The molecule has 1 amide bonds. The molecule has 1 aromatic heterocycles. The van der Waals surface area contributed by atoms with Gasteiger partial charge in [0, 0.05) is 15.8 Å². The van der Waals surface area contributed by atoms with Gasteiger partial charge in [0.2, 0.25) is 0 Å². The molecule has 4 rings (SSSR count). The number of halogens is 4. The van der Waals surface area contributed by atoms with E-state index >= 15 is 0 Å². The second kappa shape index (κ2) is 10.8. The van der Waals surface area contributed by atoms with Crippen LogP contribution in [0.5, 0.6) is 0 Å². The van der Waals surface area contributed by atoms with E-state index in [2.05, 4.69) is 15.5 Å². The Morgan fingerprint density at radius 3 is 2.36 bits per heavy atom. The van der Waals surface area contributed by atoms with Crippen LogP contribution in [0.15, 0.2) is 71.9 Å². The van der Waals surface area contributed by atoms with Crippen LogP contribution in [0.2, 0.25) is 20.1 Å². The predicted octanol–water partition coefficient (Wildman–Crippen LogP) is 7.10. The van der Waals surface area contributed by atoms with Crippen molar-refractivity contribution < 1.29 is 4.79 Å². The van der Waals surface area contributed by atoms with Crippen LogP contribution in [0.1, 0.15) is 21.7 Å². The van der Waals surface area contributed by atoms with Crippen molar-refractivity contribution in [1.82, 2.24) is 20.1 Å². The normalized spacial score (nSPS) is 10.9. The zero-order chi connectivity index (χ0) is 23.4. The van der Waals surface area contributed by atoms with Gasteiger partial charge in [-0.3, -0.25) is 9.36 Å². The number of thioether (sulfide) groups is 1. The minimum Gasteiger partial charge on any atom is -0.345 e. The highest BCUT2D eigenvalue weighted by atomic mass is 35.5. The summed E-state index contributed by atoms with van der Waals surface area (Å²) in [5, 5.41) is 13.8. The molecular formula is C23H16Cl4N4OS. The summed E-state index contributed by atoms with van der Waals surface area (Å²) in [4.78, 5) is 12.7. The highest BCUT2D eigenvalue weighted by molar-refractivity contribution is 7.98. The molecule has 1 heterocycles. The molecule has 0 aliphatic carbocycles. The third-order valence-corrected chi connectivity index (χ3v) is 6.75. The molecule has 0 aliphatic heterocycles. The van der Waals surface area contributed by atoms with Crippen molar-refractivity contribution in [3.05, 3.63) is 104 Å². The Morgan fingerprint density at radius 1 is 0.879 bits per heavy atom. The molecule has 4 aromatic rings. The molecule has 33 heavy (non-hydrogen) atoms. The standard InChI is InChI=1S/C23H16Cl4N4OS/c24-15-6-8-17(19(27)10-15)22(32)28-12-21-29-30-23(33-13-14-4-2-1-3-5-14)31(21)20-11-16(25)7-9-18(20)26/h1-11H,12-13H2,(H,28,32). The molecule has 168 valence electrons. The Morgan fingerprint density at radius 2 is 1.61 bits per heavy atom. The summed E-state index contributed by atoms with van der Waals surface area (Å²) in [6.45, 7) is 0.0968. The van der Waals surface area contributed by atoms with E-state index < -0.39 is 0 Å². The number of aromatic nitrogens is 3. The zero-order valence-corrected chi connectivity index (χ0v) is 20.8. The van der Waals surface area contributed by atoms with Gasteiger partial charge in [0.05, 0.1) is 27.8 Å². The van der Waals surface area contributed by atoms with Crippen LogP contribution < -0.4 is 5.32 Å². The lowest BCUT2D eigenvalue weighted by Gasteiger charge is -2.13. The highest BCUT2D eigenvalue weighted by Crippen LogP contribution is 2.31. The van der Waals surface area contributed by atoms with E-state index in [9.17, 15) is 4.79 Å². The Kier molecular flexibility index (Phi) is 7.83. The predicted molar refractivity (Wildman–Crippen MR) is 135 cm³/mol. The Balaban J connectivity index is 1.62. The number of hydrogen-bond donors (Lipinski definition) is 1. The quantitative estimate of drug-likeness (QED) is 0.255. The largest absolute Gasteiger partial charge is 0.345 e. The Hall–Kier alpha value is -2.22. The first-order valence-electron chi connectivity index (χ1n) is 9.72. The molecule has 0 bridgehead atoms. The Bertz CT molecular complexity index is 1300. The number of carbonyl (C=O) groups excluding carboxylic acids is 1. The molecule has 0 saturated carbocycles. The van der Waals surface area contributed by atoms with Gasteiger partial charge in [0.25, 0.3) is 5.91 Å². The van der Waals surface area contributed by atoms with Gasteiger partial charge in [-0.25, -0.2) is 0 Å². The number of amides is 1. The maximum absolute atomic E-state index is 12.7. The maximum Gasteiger partial charge on any atom is 0.253 e. The summed E-state index contributed by atoms with van der Waals surface area (Å²) < 4.78 is 1.80. The minimum absolute atomic E-state index is 0.0968. The van der Waals surface area contributed by atoms with Crippen LogP contribution in [0.3, 0.4) is 0 Å². The molecule has 0 atom stereocenters. The number of benzene rings is 3. The van der Waals surface area contributed by atoms with E-state index in [1.54, 1.807) is 34.9 Å². The van der Waals surface area contributed by atoms with Crippen LogP contribution >= 0.6 is 58.2 Å². The van der Waals surface area contributed by atoms with Crippen LogP contribution in [0.25, 0.3) is 5.69 Å². The first-order valence-corrected chi connectivity index (χ1v) is 12.2. The fourth-order valence-corrected chi connectivity index (χ4v) is 4.84. The second-order valence-corrected chi connectivity index (χ2v) is 9.54. The SMILES string of the molecule is O=C(NCc1nnc(SCc2ccccc2)n1-c1cc(Cl)ccc1Cl)c1ccc(Cl)cc1Cl. The lowest BCUT2D eigenvalue weighted by atomic mass is 10.2. The number of rotatable bonds is 7. The highest BCUT2D eigenvalue weighted by Gasteiger charge is 2.19. The number of carbonyl (C=O) groups is 1. The fraction of sp³-hybridized carbons (Fsp3) is 0.0870. The lowest BCUT2D eigenvalue weighted by Crippen LogP contribution is -2.25. The molecular weight excluding hydrogens is 522 g/mol. The molecule has 0 radical (unpaired) electrons. The molecule has 1 N–H and O–H groups in total. The van der Waals surface area contributed by atoms with E-state index in [4.69, 9.17) is 46.4 Å². The van der Waals surface area contributed by atoms with Crippen LogP contribution in [-0.2, 0) is 12.3 Å². The van der Waals surface area contributed by atoms with E-state index in [0.717, 1.165) is 5.56 Å². The average Bonchev–Trinajstić information content (AvgIpc) is 3.21. The van der Waals surface area contributed by atoms with E-state index in [0.29, 0.717) is 43.1 Å². The van der Waals surface area contributed by atoms with Crippen LogP contribution in [0.4, 0.5) is 0 Å². The van der Waals surface area contributed by atoms with Gasteiger partial charge >= 0.3 is 0 Å². The second-order valence-electron chi connectivity index (χ2n) is 6.91. The molecule has 0 saturated heterocycles.